The molecule has 2 atom stereocenters. The van der Waals surface area contributed by atoms with Crippen LogP contribution in [0.3, 0.4) is 0 Å². The lowest BCUT2D eigenvalue weighted by Gasteiger charge is -2.38. The van der Waals surface area contributed by atoms with E-state index in [9.17, 15) is 14.4 Å². The van der Waals surface area contributed by atoms with Crippen molar-refractivity contribution in [2.75, 3.05) is 26.7 Å². The van der Waals surface area contributed by atoms with E-state index in [-0.39, 0.29) is 43.9 Å². The Hall–Kier alpha value is -3.79. The number of carbonyl (C=O) groups excluding carboxylic acids is 3. The lowest BCUT2D eigenvalue weighted by Crippen LogP contribution is -2.53. The Morgan fingerprint density at radius 2 is 1.81 bits per heavy atom. The molecule has 3 amide bonds. The van der Waals surface area contributed by atoms with Gasteiger partial charge in [-0.1, -0.05) is 24.3 Å². The van der Waals surface area contributed by atoms with E-state index in [1.54, 1.807) is 36.5 Å². The van der Waals surface area contributed by atoms with E-state index in [0.717, 1.165) is 11.1 Å². The van der Waals surface area contributed by atoms with Crippen molar-refractivity contribution >= 4 is 24.2 Å². The van der Waals surface area contributed by atoms with E-state index in [4.69, 9.17) is 14.6 Å². The molecule has 1 aromatic heterocycles. The summed E-state index contributed by atoms with van der Waals surface area (Å²) in [5, 5.41) is 12.4. The average Bonchev–Trinajstić information content (AvgIpc) is 2.80. The highest BCUT2D eigenvalue weighted by molar-refractivity contribution is 5.94. The molecule has 1 saturated heterocycles. The minimum atomic E-state index is -0.824. The highest BCUT2D eigenvalue weighted by Crippen LogP contribution is 2.31. The highest BCUT2D eigenvalue weighted by atomic mass is 16.5. The van der Waals surface area contributed by atoms with Crippen LogP contribution in [-0.4, -0.2) is 72.0 Å². The molecule has 0 bridgehead atoms. The fourth-order valence-electron chi connectivity index (χ4n) is 3.29. The van der Waals surface area contributed by atoms with Crippen LogP contribution in [0.15, 0.2) is 48.8 Å². The van der Waals surface area contributed by atoms with Crippen LogP contribution in [-0.2, 0) is 19.1 Å². The standard InChI is InChI=1S/C21H24N4O4.CH2O2/c1-14-5-3-4-6-16(14)18-19(29-13-17(26)25(18)2)21(28)24-12-11-23-20(27)15-7-9-22-10-8-15;2-1-3/h3-10,18-19H,11-13H2,1-2H3,(H,23,27)(H,24,28);1H,(H,2,3)/t18-,19+;/m1./s1. The second kappa shape index (κ2) is 12.2. The van der Waals surface area contributed by atoms with Gasteiger partial charge in [0.05, 0.1) is 6.04 Å². The van der Waals surface area contributed by atoms with Crippen LogP contribution in [0.5, 0.6) is 0 Å². The van der Waals surface area contributed by atoms with E-state index in [2.05, 4.69) is 15.6 Å². The number of carboxylic acid groups (broad SMARTS) is 1. The first-order valence-electron chi connectivity index (χ1n) is 9.87. The molecule has 3 rings (SSSR count). The zero-order valence-corrected chi connectivity index (χ0v) is 17.9. The SMILES string of the molecule is Cc1ccccc1[C@@H]1[C@@H](C(=O)NCCNC(=O)c2ccncc2)OCC(=O)N1C.O=CO. The Morgan fingerprint density at radius 3 is 2.47 bits per heavy atom. The first kappa shape index (κ1) is 24.5. The van der Waals surface area contributed by atoms with Gasteiger partial charge in [-0.3, -0.25) is 24.2 Å². The van der Waals surface area contributed by atoms with Crippen molar-refractivity contribution in [2.45, 2.75) is 19.1 Å². The van der Waals surface area contributed by atoms with Crippen LogP contribution in [0.4, 0.5) is 0 Å². The van der Waals surface area contributed by atoms with Gasteiger partial charge in [0.25, 0.3) is 18.3 Å². The number of amides is 3. The molecule has 1 aliphatic heterocycles. The van der Waals surface area contributed by atoms with E-state index >= 15 is 0 Å². The molecule has 0 unspecified atom stereocenters. The van der Waals surface area contributed by atoms with E-state index in [1.165, 1.54) is 0 Å². The summed E-state index contributed by atoms with van der Waals surface area (Å²) >= 11 is 0. The molecule has 2 aromatic rings. The van der Waals surface area contributed by atoms with Gasteiger partial charge >= 0.3 is 0 Å². The van der Waals surface area contributed by atoms with E-state index in [1.807, 2.05) is 31.2 Å². The quantitative estimate of drug-likeness (QED) is 0.438. The molecule has 170 valence electrons. The molecule has 0 radical (unpaired) electrons. The Kier molecular flexibility index (Phi) is 9.30. The topological polar surface area (TPSA) is 138 Å². The van der Waals surface area contributed by atoms with Gasteiger partial charge in [0.15, 0.2) is 6.10 Å². The van der Waals surface area contributed by atoms with Gasteiger partial charge in [-0.15, -0.1) is 0 Å². The zero-order chi connectivity index (χ0) is 23.5. The maximum atomic E-state index is 12.8. The molecular weight excluding hydrogens is 416 g/mol. The molecule has 10 nitrogen and oxygen atoms in total. The number of pyridine rings is 1. The summed E-state index contributed by atoms with van der Waals surface area (Å²) in [7, 11) is 1.68. The number of nitrogens with zero attached hydrogens (tertiary/aromatic N) is 2. The molecule has 3 N–H and O–H groups in total. The Labute approximate surface area is 185 Å². The molecular formula is C22H26N4O6. The fraction of sp³-hybridized carbons (Fsp3) is 0.318. The number of hydrogen-bond acceptors (Lipinski definition) is 6. The van der Waals surface area contributed by atoms with Crippen LogP contribution in [0.25, 0.3) is 0 Å². The third-order valence-electron chi connectivity index (χ3n) is 4.90. The number of carbonyl (C=O) groups is 4. The number of morpholine rings is 1. The van der Waals surface area contributed by atoms with Gasteiger partial charge in [-0.05, 0) is 30.2 Å². The summed E-state index contributed by atoms with van der Waals surface area (Å²) < 4.78 is 5.59. The molecule has 0 aliphatic carbocycles. The number of hydrogen-bond donors (Lipinski definition) is 3. The second-order valence-electron chi connectivity index (χ2n) is 6.93. The lowest BCUT2D eigenvalue weighted by atomic mass is 9.94. The van der Waals surface area contributed by atoms with Crippen LogP contribution in [0.2, 0.25) is 0 Å². The monoisotopic (exact) mass is 442 g/mol. The van der Waals surface area contributed by atoms with Crippen molar-refractivity contribution in [3.05, 3.63) is 65.5 Å². The minimum Gasteiger partial charge on any atom is -0.483 e. The normalized spacial score (nSPS) is 17.6. The molecule has 2 heterocycles. The Balaban J connectivity index is 0.00000114. The Morgan fingerprint density at radius 1 is 1.19 bits per heavy atom. The maximum Gasteiger partial charge on any atom is 0.290 e. The van der Waals surface area contributed by atoms with Crippen molar-refractivity contribution in [3.8, 4) is 0 Å². The molecule has 10 heteroatoms. The molecule has 0 saturated carbocycles. The van der Waals surface area contributed by atoms with Crippen LogP contribution >= 0.6 is 0 Å². The third-order valence-corrected chi connectivity index (χ3v) is 4.90. The van der Waals surface area contributed by atoms with Crippen molar-refractivity contribution < 1.29 is 29.0 Å². The summed E-state index contributed by atoms with van der Waals surface area (Å²) in [6, 6.07) is 10.3. The van der Waals surface area contributed by atoms with E-state index < -0.39 is 12.1 Å². The average molecular weight is 442 g/mol. The summed E-state index contributed by atoms with van der Waals surface area (Å²) in [5.74, 6) is -0.735. The highest BCUT2D eigenvalue weighted by Gasteiger charge is 2.40. The lowest BCUT2D eigenvalue weighted by molar-refractivity contribution is -0.162. The predicted octanol–water partition coefficient (Wildman–Crippen LogP) is 0.535. The number of ether oxygens (including phenoxy) is 1. The zero-order valence-electron chi connectivity index (χ0n) is 17.9. The molecule has 32 heavy (non-hydrogen) atoms. The van der Waals surface area contributed by atoms with Gasteiger partial charge in [0.1, 0.15) is 6.61 Å². The van der Waals surface area contributed by atoms with Crippen molar-refractivity contribution in [1.29, 1.82) is 0 Å². The first-order chi connectivity index (χ1) is 15.4. The third kappa shape index (κ3) is 6.35. The predicted molar refractivity (Wildman–Crippen MR) is 115 cm³/mol. The van der Waals surface area contributed by atoms with Gasteiger partial charge in [-0.25, -0.2) is 0 Å². The molecule has 1 aromatic carbocycles. The first-order valence-corrected chi connectivity index (χ1v) is 9.87. The summed E-state index contributed by atoms with van der Waals surface area (Å²) in [6.45, 7) is 2.05. The fourth-order valence-corrected chi connectivity index (χ4v) is 3.29. The number of benzene rings is 1. The minimum absolute atomic E-state index is 0.143. The van der Waals surface area contributed by atoms with Gasteiger partial charge in [0.2, 0.25) is 5.91 Å². The summed E-state index contributed by atoms with van der Waals surface area (Å²) in [6.07, 6.45) is 2.26. The maximum absolute atomic E-state index is 12.8. The van der Waals surface area contributed by atoms with Crippen molar-refractivity contribution in [2.24, 2.45) is 0 Å². The van der Waals surface area contributed by atoms with E-state index in [0.29, 0.717) is 5.56 Å². The molecule has 0 spiro atoms. The number of rotatable bonds is 6. The number of aryl methyl sites for hydroxylation is 1. The molecule has 1 aliphatic rings. The van der Waals surface area contributed by atoms with Gasteiger partial charge in [-0.2, -0.15) is 0 Å². The summed E-state index contributed by atoms with van der Waals surface area (Å²) in [5.41, 5.74) is 2.35. The second-order valence-corrected chi connectivity index (χ2v) is 6.93. The number of aromatic nitrogens is 1. The van der Waals surface area contributed by atoms with Gasteiger partial charge in [0, 0.05) is 38.1 Å². The molecule has 1 fully saturated rings. The number of nitrogens with one attached hydrogen (secondary N) is 2. The number of likely N-dealkylation sites (N-methyl/N-ethyl adjacent to an activating group) is 1. The largest absolute Gasteiger partial charge is 0.483 e. The Bertz CT molecular complexity index is 937. The van der Waals surface area contributed by atoms with Crippen LogP contribution in [0.1, 0.15) is 27.5 Å². The van der Waals surface area contributed by atoms with Crippen molar-refractivity contribution in [1.82, 2.24) is 20.5 Å². The van der Waals surface area contributed by atoms with Gasteiger partial charge < -0.3 is 25.4 Å². The van der Waals surface area contributed by atoms with Crippen LogP contribution in [0, 0.1) is 6.92 Å². The van der Waals surface area contributed by atoms with Crippen molar-refractivity contribution in [3.63, 3.8) is 0 Å². The summed E-state index contributed by atoms with van der Waals surface area (Å²) in [4.78, 5) is 50.7. The van der Waals surface area contributed by atoms with Crippen LogP contribution < -0.4 is 10.6 Å². The smallest absolute Gasteiger partial charge is 0.290 e.